The molecule has 0 aromatic carbocycles. The molecule has 1 aromatic rings. The van der Waals surface area contributed by atoms with E-state index in [-0.39, 0.29) is 5.91 Å². The number of nitrogens with two attached hydrogens (primary N) is 1. The van der Waals surface area contributed by atoms with Crippen molar-refractivity contribution in [3.8, 4) is 0 Å². The van der Waals surface area contributed by atoms with Crippen molar-refractivity contribution in [1.82, 2.24) is 19.6 Å². The van der Waals surface area contributed by atoms with Gasteiger partial charge in [-0.15, -0.1) is 0 Å². The van der Waals surface area contributed by atoms with Crippen LogP contribution in [0.2, 0.25) is 0 Å². The second-order valence-electron chi connectivity index (χ2n) is 5.95. The molecule has 20 heavy (non-hydrogen) atoms. The molecule has 1 amide bonds. The van der Waals surface area contributed by atoms with Gasteiger partial charge in [0.05, 0.1) is 11.8 Å². The molecule has 1 saturated heterocycles. The van der Waals surface area contributed by atoms with E-state index in [9.17, 15) is 9.90 Å². The summed E-state index contributed by atoms with van der Waals surface area (Å²) in [6.07, 6.45) is 1.51. The van der Waals surface area contributed by atoms with Gasteiger partial charge in [-0.25, -0.2) is 0 Å². The highest BCUT2D eigenvalue weighted by Gasteiger charge is 2.27. The van der Waals surface area contributed by atoms with E-state index in [4.69, 9.17) is 5.73 Å². The Hall–Kier alpha value is -1.60. The molecule has 1 aromatic heterocycles. The zero-order chi connectivity index (χ0) is 14.9. The SMILES string of the molecule is Cn1ncc(C(=O)N2CCN(CC(C)(C)O)CC2)c1N. The number of nitrogen functional groups attached to an aromatic ring is 1. The van der Waals surface area contributed by atoms with Crippen LogP contribution in [0, 0.1) is 0 Å². The molecule has 0 aliphatic carbocycles. The molecule has 1 aliphatic heterocycles. The monoisotopic (exact) mass is 281 g/mol. The minimum atomic E-state index is -0.708. The van der Waals surface area contributed by atoms with Gasteiger partial charge in [0.15, 0.2) is 0 Å². The third kappa shape index (κ3) is 3.29. The quantitative estimate of drug-likeness (QED) is 0.782. The first-order valence-corrected chi connectivity index (χ1v) is 6.79. The van der Waals surface area contributed by atoms with Crippen molar-refractivity contribution in [3.63, 3.8) is 0 Å². The van der Waals surface area contributed by atoms with Crippen molar-refractivity contribution in [2.24, 2.45) is 7.05 Å². The number of aryl methyl sites for hydroxylation is 1. The number of nitrogens with zero attached hydrogens (tertiary/aromatic N) is 4. The van der Waals surface area contributed by atoms with Crippen LogP contribution in [0.4, 0.5) is 5.82 Å². The second kappa shape index (κ2) is 5.41. The average molecular weight is 281 g/mol. The lowest BCUT2D eigenvalue weighted by Gasteiger charge is -2.37. The van der Waals surface area contributed by atoms with Crippen LogP contribution in [-0.2, 0) is 7.05 Å². The summed E-state index contributed by atoms with van der Waals surface area (Å²) < 4.78 is 1.50. The Morgan fingerprint density at radius 2 is 2.00 bits per heavy atom. The number of anilines is 1. The molecule has 3 N–H and O–H groups in total. The molecule has 0 bridgehead atoms. The molecular formula is C13H23N5O2. The molecule has 0 radical (unpaired) electrons. The third-order valence-electron chi connectivity index (χ3n) is 3.49. The van der Waals surface area contributed by atoms with Gasteiger partial charge in [-0.2, -0.15) is 5.10 Å². The predicted molar refractivity (Wildman–Crippen MR) is 76.3 cm³/mol. The molecule has 112 valence electrons. The summed E-state index contributed by atoms with van der Waals surface area (Å²) in [6.45, 7) is 7.00. The molecule has 0 saturated carbocycles. The lowest BCUT2D eigenvalue weighted by Crippen LogP contribution is -2.52. The molecular weight excluding hydrogens is 258 g/mol. The number of carbonyl (C=O) groups is 1. The van der Waals surface area contributed by atoms with Gasteiger partial charge in [0.2, 0.25) is 0 Å². The fraction of sp³-hybridized carbons (Fsp3) is 0.692. The van der Waals surface area contributed by atoms with Crippen molar-refractivity contribution >= 4 is 11.7 Å². The van der Waals surface area contributed by atoms with Gasteiger partial charge in [-0.1, -0.05) is 0 Å². The van der Waals surface area contributed by atoms with Gasteiger partial charge >= 0.3 is 0 Å². The maximum absolute atomic E-state index is 12.4. The van der Waals surface area contributed by atoms with Crippen LogP contribution in [-0.4, -0.2) is 68.9 Å². The summed E-state index contributed by atoms with van der Waals surface area (Å²) >= 11 is 0. The molecule has 0 atom stereocenters. The lowest BCUT2D eigenvalue weighted by molar-refractivity contribution is 0.0179. The standard InChI is InChI=1S/C13H23N5O2/c1-13(2,20)9-17-4-6-18(7-5-17)12(19)10-8-15-16(3)11(10)14/h8,20H,4-7,9,14H2,1-3H3. The first-order chi connectivity index (χ1) is 9.28. The fourth-order valence-corrected chi connectivity index (χ4v) is 2.44. The zero-order valence-electron chi connectivity index (χ0n) is 12.3. The van der Waals surface area contributed by atoms with Crippen molar-refractivity contribution in [1.29, 1.82) is 0 Å². The Morgan fingerprint density at radius 1 is 1.40 bits per heavy atom. The topological polar surface area (TPSA) is 87.6 Å². The predicted octanol–water partition coefficient (Wildman–Crippen LogP) is -0.469. The summed E-state index contributed by atoms with van der Waals surface area (Å²) in [5.74, 6) is 0.326. The maximum Gasteiger partial charge on any atom is 0.259 e. The molecule has 2 rings (SSSR count). The van der Waals surface area contributed by atoms with Crippen molar-refractivity contribution < 1.29 is 9.90 Å². The first-order valence-electron chi connectivity index (χ1n) is 6.79. The Bertz CT molecular complexity index is 483. The van der Waals surface area contributed by atoms with E-state index in [0.29, 0.717) is 31.0 Å². The number of aromatic nitrogens is 2. The number of amides is 1. The van der Waals surface area contributed by atoms with Crippen LogP contribution in [0.3, 0.4) is 0 Å². The molecule has 2 heterocycles. The molecule has 0 unspecified atom stereocenters. The van der Waals surface area contributed by atoms with E-state index in [1.807, 2.05) is 0 Å². The number of carbonyl (C=O) groups excluding carboxylic acids is 1. The highest BCUT2D eigenvalue weighted by Crippen LogP contribution is 2.15. The Morgan fingerprint density at radius 3 is 2.45 bits per heavy atom. The molecule has 1 fully saturated rings. The second-order valence-corrected chi connectivity index (χ2v) is 5.95. The van der Waals surface area contributed by atoms with Crippen LogP contribution in [0.5, 0.6) is 0 Å². The smallest absolute Gasteiger partial charge is 0.259 e. The van der Waals surface area contributed by atoms with Crippen molar-refractivity contribution in [3.05, 3.63) is 11.8 Å². The molecule has 7 heteroatoms. The van der Waals surface area contributed by atoms with E-state index in [0.717, 1.165) is 13.1 Å². The van der Waals surface area contributed by atoms with Gasteiger partial charge in [0.25, 0.3) is 5.91 Å². The Balaban J connectivity index is 1.94. The number of piperazine rings is 1. The Kier molecular flexibility index (Phi) is 4.01. The number of β-amino-alcohol motifs (C(OH)–C–C–N with tert-alkyl or cyclic N) is 1. The van der Waals surface area contributed by atoms with Crippen LogP contribution >= 0.6 is 0 Å². The van der Waals surface area contributed by atoms with E-state index in [1.165, 1.54) is 10.9 Å². The minimum Gasteiger partial charge on any atom is -0.389 e. The maximum atomic E-state index is 12.4. The highest BCUT2D eigenvalue weighted by molar-refractivity contribution is 5.98. The van der Waals surface area contributed by atoms with Crippen LogP contribution < -0.4 is 5.73 Å². The minimum absolute atomic E-state index is 0.0708. The fourth-order valence-electron chi connectivity index (χ4n) is 2.44. The zero-order valence-corrected chi connectivity index (χ0v) is 12.3. The van der Waals surface area contributed by atoms with E-state index in [2.05, 4.69) is 10.00 Å². The van der Waals surface area contributed by atoms with E-state index >= 15 is 0 Å². The van der Waals surface area contributed by atoms with Gasteiger partial charge < -0.3 is 15.7 Å². The number of rotatable bonds is 3. The molecule has 7 nitrogen and oxygen atoms in total. The van der Waals surface area contributed by atoms with Crippen LogP contribution in [0.25, 0.3) is 0 Å². The third-order valence-corrected chi connectivity index (χ3v) is 3.49. The van der Waals surface area contributed by atoms with Crippen LogP contribution in [0.15, 0.2) is 6.20 Å². The van der Waals surface area contributed by atoms with Crippen molar-refractivity contribution in [2.45, 2.75) is 19.4 Å². The molecule has 0 spiro atoms. The number of aliphatic hydroxyl groups is 1. The van der Waals surface area contributed by atoms with Gasteiger partial charge in [-0.3, -0.25) is 14.4 Å². The number of hydrogen-bond donors (Lipinski definition) is 2. The lowest BCUT2D eigenvalue weighted by atomic mass is 10.1. The van der Waals surface area contributed by atoms with Crippen molar-refractivity contribution in [2.75, 3.05) is 38.5 Å². The summed E-state index contributed by atoms with van der Waals surface area (Å²) in [5, 5.41) is 13.8. The normalized spacial score (nSPS) is 17.5. The summed E-state index contributed by atoms with van der Waals surface area (Å²) in [6, 6.07) is 0. The molecule has 1 aliphatic rings. The summed E-state index contributed by atoms with van der Waals surface area (Å²) in [4.78, 5) is 16.3. The van der Waals surface area contributed by atoms with E-state index in [1.54, 1.807) is 25.8 Å². The van der Waals surface area contributed by atoms with Gasteiger partial charge in [-0.05, 0) is 13.8 Å². The summed E-state index contributed by atoms with van der Waals surface area (Å²) in [5.41, 5.74) is 5.58. The average Bonchev–Trinajstić information content (AvgIpc) is 2.68. The van der Waals surface area contributed by atoms with Gasteiger partial charge in [0, 0.05) is 39.8 Å². The Labute approximate surface area is 118 Å². The first kappa shape index (κ1) is 14.8. The highest BCUT2D eigenvalue weighted by atomic mass is 16.3. The van der Waals surface area contributed by atoms with Gasteiger partial charge in [0.1, 0.15) is 11.4 Å². The number of hydrogen-bond acceptors (Lipinski definition) is 5. The largest absolute Gasteiger partial charge is 0.389 e. The van der Waals surface area contributed by atoms with Crippen LogP contribution in [0.1, 0.15) is 24.2 Å². The van der Waals surface area contributed by atoms with E-state index < -0.39 is 5.60 Å². The summed E-state index contributed by atoms with van der Waals surface area (Å²) in [7, 11) is 1.72.